The summed E-state index contributed by atoms with van der Waals surface area (Å²) in [6.07, 6.45) is 2.61. The van der Waals surface area contributed by atoms with Crippen molar-refractivity contribution in [3.05, 3.63) is 18.4 Å². The van der Waals surface area contributed by atoms with Crippen LogP contribution in [0.15, 0.2) is 17.1 Å². The molecule has 1 aromatic rings. The maximum Gasteiger partial charge on any atom is 0.224 e. The molecule has 1 atom stereocenters. The minimum atomic E-state index is -3.65. The van der Waals surface area contributed by atoms with Gasteiger partial charge >= 0.3 is 0 Å². The maximum atomic E-state index is 11.5. The highest BCUT2D eigenvalue weighted by Crippen LogP contribution is 2.18. The van der Waals surface area contributed by atoms with Crippen LogP contribution >= 0.6 is 0 Å². The lowest BCUT2D eigenvalue weighted by molar-refractivity contribution is -0.128. The Hall–Kier alpha value is -1.41. The van der Waals surface area contributed by atoms with Crippen LogP contribution in [-0.4, -0.2) is 36.0 Å². The Balaban J connectivity index is 2.06. The van der Waals surface area contributed by atoms with E-state index in [2.05, 4.69) is 4.98 Å². The molecule has 1 unspecified atom stereocenters. The third-order valence-electron chi connectivity index (χ3n) is 2.48. The quantitative estimate of drug-likeness (QED) is 0.740. The number of hydrogen-bond acceptors (Lipinski definition) is 5. The van der Waals surface area contributed by atoms with Crippen molar-refractivity contribution in [2.75, 3.05) is 6.54 Å². The molecule has 16 heavy (non-hydrogen) atoms. The van der Waals surface area contributed by atoms with Gasteiger partial charge in [-0.3, -0.25) is 4.79 Å². The Kier molecular flexibility index (Phi) is 2.68. The first-order valence-electron chi connectivity index (χ1n) is 4.63. The number of likely N-dealkylation sites (tertiary alicyclic amines) is 1. The summed E-state index contributed by atoms with van der Waals surface area (Å²) < 4.78 is 26.9. The van der Waals surface area contributed by atoms with Gasteiger partial charge in [-0.15, -0.1) is 0 Å². The topological polar surface area (TPSA) is 106 Å². The number of oxazole rings is 1. The molecule has 1 aliphatic rings. The first-order valence-corrected chi connectivity index (χ1v) is 6.24. The van der Waals surface area contributed by atoms with Crippen LogP contribution in [0, 0.1) is 0 Å². The second kappa shape index (κ2) is 3.87. The normalized spacial score (nSPS) is 21.7. The lowest BCUT2D eigenvalue weighted by Gasteiger charge is -2.13. The molecule has 1 aliphatic heterocycles. The Morgan fingerprint density at radius 3 is 2.88 bits per heavy atom. The van der Waals surface area contributed by atoms with Crippen LogP contribution in [-0.2, 0) is 21.4 Å². The van der Waals surface area contributed by atoms with E-state index in [0.717, 1.165) is 0 Å². The van der Waals surface area contributed by atoms with E-state index in [0.29, 0.717) is 5.69 Å². The second-order valence-electron chi connectivity index (χ2n) is 3.67. The fourth-order valence-electron chi connectivity index (χ4n) is 1.62. The molecule has 1 saturated heterocycles. The number of carbonyl (C=O) groups excluding carboxylic acids is 1. The number of carbonyl (C=O) groups is 1. The van der Waals surface area contributed by atoms with Crippen molar-refractivity contribution in [3.63, 3.8) is 0 Å². The van der Waals surface area contributed by atoms with Crippen molar-refractivity contribution in [3.8, 4) is 0 Å². The summed E-state index contributed by atoms with van der Waals surface area (Å²) in [5, 5.41) is 4.18. The third-order valence-corrected chi connectivity index (χ3v) is 3.72. The maximum absolute atomic E-state index is 11.5. The van der Waals surface area contributed by atoms with Crippen molar-refractivity contribution in [2.24, 2.45) is 5.14 Å². The summed E-state index contributed by atoms with van der Waals surface area (Å²) in [7, 11) is -3.65. The first-order chi connectivity index (χ1) is 7.47. The molecule has 0 bridgehead atoms. The number of nitrogens with zero attached hydrogens (tertiary/aromatic N) is 2. The Morgan fingerprint density at radius 2 is 2.38 bits per heavy atom. The monoisotopic (exact) mass is 245 g/mol. The summed E-state index contributed by atoms with van der Waals surface area (Å²) in [4.78, 5) is 16.8. The fraction of sp³-hybridized carbons (Fsp3) is 0.500. The van der Waals surface area contributed by atoms with Crippen molar-refractivity contribution in [1.29, 1.82) is 0 Å². The smallest absolute Gasteiger partial charge is 0.224 e. The minimum Gasteiger partial charge on any atom is -0.451 e. The molecule has 1 fully saturated rings. The van der Waals surface area contributed by atoms with E-state index in [1.165, 1.54) is 17.6 Å². The number of primary sulfonamides is 1. The van der Waals surface area contributed by atoms with Gasteiger partial charge in [-0.05, 0) is 0 Å². The van der Waals surface area contributed by atoms with Crippen LogP contribution in [0.4, 0.5) is 0 Å². The number of nitrogens with two attached hydrogens (primary N) is 1. The average molecular weight is 245 g/mol. The summed E-state index contributed by atoms with van der Waals surface area (Å²) in [6.45, 7) is 0.367. The summed E-state index contributed by atoms with van der Waals surface area (Å²) in [6, 6.07) is 0. The van der Waals surface area contributed by atoms with Crippen LogP contribution in [0.5, 0.6) is 0 Å². The van der Waals surface area contributed by atoms with E-state index >= 15 is 0 Å². The minimum absolute atomic E-state index is 0.0588. The molecule has 7 nitrogen and oxygen atoms in total. The predicted molar refractivity (Wildman–Crippen MR) is 53.4 cm³/mol. The van der Waals surface area contributed by atoms with E-state index in [4.69, 9.17) is 9.56 Å². The molecule has 0 radical (unpaired) electrons. The van der Waals surface area contributed by atoms with Crippen LogP contribution in [0.25, 0.3) is 0 Å². The number of amides is 1. The van der Waals surface area contributed by atoms with E-state index < -0.39 is 15.3 Å². The highest BCUT2D eigenvalue weighted by atomic mass is 32.2. The van der Waals surface area contributed by atoms with Crippen molar-refractivity contribution < 1.29 is 17.6 Å². The molecule has 0 aromatic carbocycles. The first kappa shape index (κ1) is 11.1. The van der Waals surface area contributed by atoms with Gasteiger partial charge in [0.1, 0.15) is 11.5 Å². The molecule has 88 valence electrons. The zero-order valence-corrected chi connectivity index (χ0v) is 9.18. The molecule has 1 amide bonds. The zero-order valence-electron chi connectivity index (χ0n) is 8.37. The molecule has 0 saturated carbocycles. The van der Waals surface area contributed by atoms with Crippen LogP contribution in [0.3, 0.4) is 0 Å². The average Bonchev–Trinajstić information content (AvgIpc) is 2.76. The van der Waals surface area contributed by atoms with Gasteiger partial charge in [-0.1, -0.05) is 0 Å². The molecule has 0 aliphatic carbocycles. The van der Waals surface area contributed by atoms with Crippen molar-refractivity contribution in [1.82, 2.24) is 9.88 Å². The molecule has 8 heteroatoms. The fourth-order valence-corrected chi connectivity index (χ4v) is 2.38. The van der Waals surface area contributed by atoms with Crippen LogP contribution in [0.1, 0.15) is 12.1 Å². The van der Waals surface area contributed by atoms with Gasteiger partial charge in [0.05, 0.1) is 12.2 Å². The van der Waals surface area contributed by atoms with E-state index in [9.17, 15) is 13.2 Å². The van der Waals surface area contributed by atoms with E-state index in [-0.39, 0.29) is 25.4 Å². The van der Waals surface area contributed by atoms with E-state index in [1.807, 2.05) is 0 Å². The number of aromatic nitrogens is 1. The molecule has 0 spiro atoms. The largest absolute Gasteiger partial charge is 0.451 e. The summed E-state index contributed by atoms with van der Waals surface area (Å²) in [5.41, 5.74) is 0.586. The standard InChI is InChI=1S/C8H11N3O4S/c9-16(13,14)7-1-8(12)11(3-7)2-6-4-15-5-10-6/h4-5,7H,1-3H2,(H2,9,13,14). The van der Waals surface area contributed by atoms with Gasteiger partial charge in [-0.25, -0.2) is 18.5 Å². The van der Waals surface area contributed by atoms with Crippen LogP contribution < -0.4 is 5.14 Å². The van der Waals surface area contributed by atoms with Crippen molar-refractivity contribution >= 4 is 15.9 Å². The van der Waals surface area contributed by atoms with Gasteiger partial charge < -0.3 is 9.32 Å². The molecule has 2 heterocycles. The Morgan fingerprint density at radius 1 is 1.62 bits per heavy atom. The number of sulfonamides is 1. The van der Waals surface area contributed by atoms with Crippen LogP contribution in [0.2, 0.25) is 0 Å². The molecular weight excluding hydrogens is 234 g/mol. The lowest BCUT2D eigenvalue weighted by atomic mass is 10.4. The van der Waals surface area contributed by atoms with Gasteiger partial charge in [0.15, 0.2) is 6.39 Å². The molecule has 2 rings (SSSR count). The molecule has 1 aromatic heterocycles. The highest BCUT2D eigenvalue weighted by Gasteiger charge is 2.36. The summed E-state index contributed by atoms with van der Waals surface area (Å²) in [5.74, 6) is -0.234. The lowest BCUT2D eigenvalue weighted by Crippen LogP contribution is -2.31. The summed E-state index contributed by atoms with van der Waals surface area (Å²) >= 11 is 0. The molecular formula is C8H11N3O4S. The van der Waals surface area contributed by atoms with Gasteiger partial charge in [0.25, 0.3) is 0 Å². The van der Waals surface area contributed by atoms with Gasteiger partial charge in [0.2, 0.25) is 15.9 Å². The number of hydrogen-bond donors (Lipinski definition) is 1. The Bertz CT molecular complexity index is 481. The highest BCUT2D eigenvalue weighted by molar-refractivity contribution is 7.89. The molecule has 2 N–H and O–H groups in total. The van der Waals surface area contributed by atoms with E-state index in [1.54, 1.807) is 0 Å². The zero-order chi connectivity index (χ0) is 11.8. The predicted octanol–water partition coefficient (Wildman–Crippen LogP) is -0.936. The second-order valence-corrected chi connectivity index (χ2v) is 5.51. The van der Waals surface area contributed by atoms with Crippen molar-refractivity contribution in [2.45, 2.75) is 18.2 Å². The Labute approximate surface area is 92.3 Å². The SMILES string of the molecule is NS(=O)(=O)C1CC(=O)N(Cc2cocn2)C1. The third kappa shape index (κ3) is 2.22. The number of rotatable bonds is 3. The van der Waals surface area contributed by atoms with Gasteiger partial charge in [0, 0.05) is 13.0 Å². The van der Waals surface area contributed by atoms with Gasteiger partial charge in [-0.2, -0.15) is 0 Å².